The van der Waals surface area contributed by atoms with Crippen molar-refractivity contribution in [2.75, 3.05) is 6.61 Å². The topological polar surface area (TPSA) is 104 Å². The lowest BCUT2D eigenvalue weighted by molar-refractivity contribution is -0.247. The van der Waals surface area contributed by atoms with E-state index in [2.05, 4.69) is 6.92 Å². The van der Waals surface area contributed by atoms with Gasteiger partial charge < -0.3 is 20.1 Å². The molecular formula is C24H36O6. The second-order valence-electron chi connectivity index (χ2n) is 11.4. The Balaban J connectivity index is 1.70. The molecule has 4 aliphatic carbocycles. The molecule has 30 heavy (non-hydrogen) atoms. The summed E-state index contributed by atoms with van der Waals surface area (Å²) in [7, 11) is 0. The fourth-order valence-corrected chi connectivity index (χ4v) is 7.15. The molecular weight excluding hydrogens is 384 g/mol. The zero-order valence-electron chi connectivity index (χ0n) is 18.6. The molecule has 6 heteroatoms. The van der Waals surface area contributed by atoms with Crippen molar-refractivity contribution in [3.63, 3.8) is 0 Å². The van der Waals surface area contributed by atoms with E-state index in [0.29, 0.717) is 32.1 Å². The molecule has 0 aromatic heterocycles. The van der Waals surface area contributed by atoms with Gasteiger partial charge in [-0.1, -0.05) is 12.5 Å². The molecule has 0 saturated heterocycles. The van der Waals surface area contributed by atoms with E-state index in [1.165, 1.54) is 0 Å². The fraction of sp³-hybridized carbons (Fsp3) is 0.833. The smallest absolute Gasteiger partial charge is 0.311 e. The Hall–Kier alpha value is -1.24. The maximum atomic E-state index is 12.6. The Bertz CT molecular complexity index is 781. The molecule has 4 rings (SSSR count). The molecule has 3 saturated carbocycles. The van der Waals surface area contributed by atoms with E-state index in [1.54, 1.807) is 6.08 Å². The molecule has 3 N–H and O–H groups in total. The van der Waals surface area contributed by atoms with Crippen LogP contribution in [0.3, 0.4) is 0 Å². The van der Waals surface area contributed by atoms with Crippen molar-refractivity contribution < 1.29 is 29.6 Å². The van der Waals surface area contributed by atoms with Crippen LogP contribution in [0.4, 0.5) is 0 Å². The Morgan fingerprint density at radius 2 is 1.90 bits per heavy atom. The highest BCUT2D eigenvalue weighted by Crippen LogP contribution is 2.67. The zero-order chi connectivity index (χ0) is 22.1. The highest BCUT2D eigenvalue weighted by Gasteiger charge is 2.70. The largest absolute Gasteiger partial charge is 0.461 e. The third-order valence-corrected chi connectivity index (χ3v) is 8.89. The quantitative estimate of drug-likeness (QED) is 0.593. The number of aliphatic hydroxyl groups excluding tert-OH is 2. The van der Waals surface area contributed by atoms with Gasteiger partial charge in [0, 0.05) is 23.2 Å². The molecule has 0 aliphatic heterocycles. The van der Waals surface area contributed by atoms with Crippen molar-refractivity contribution in [1.29, 1.82) is 0 Å². The normalized spacial score (nSPS) is 45.8. The average Bonchev–Trinajstić information content (AvgIpc) is 2.99. The second kappa shape index (κ2) is 6.88. The van der Waals surface area contributed by atoms with E-state index < -0.39 is 27.9 Å². The van der Waals surface area contributed by atoms with Crippen LogP contribution in [0.2, 0.25) is 0 Å². The summed E-state index contributed by atoms with van der Waals surface area (Å²) in [6, 6.07) is 0. The van der Waals surface area contributed by atoms with Crippen molar-refractivity contribution in [1.82, 2.24) is 0 Å². The molecule has 7 atom stereocenters. The van der Waals surface area contributed by atoms with Gasteiger partial charge in [-0.15, -0.1) is 0 Å². The van der Waals surface area contributed by atoms with Crippen LogP contribution in [-0.4, -0.2) is 51.5 Å². The number of esters is 1. The first kappa shape index (κ1) is 22.0. The highest BCUT2D eigenvalue weighted by atomic mass is 16.5. The Kier molecular flexibility index (Phi) is 5.04. The third kappa shape index (κ3) is 2.86. The van der Waals surface area contributed by atoms with Gasteiger partial charge >= 0.3 is 5.97 Å². The predicted octanol–water partition coefficient (Wildman–Crippen LogP) is 2.53. The van der Waals surface area contributed by atoms with Gasteiger partial charge in [-0.2, -0.15) is 0 Å². The van der Waals surface area contributed by atoms with E-state index in [4.69, 9.17) is 4.74 Å². The number of aliphatic hydroxyl groups is 3. The van der Waals surface area contributed by atoms with Gasteiger partial charge in [0.2, 0.25) is 0 Å². The van der Waals surface area contributed by atoms with Crippen LogP contribution in [0, 0.1) is 28.1 Å². The second-order valence-corrected chi connectivity index (χ2v) is 11.4. The van der Waals surface area contributed by atoms with Gasteiger partial charge in [0.25, 0.3) is 0 Å². The summed E-state index contributed by atoms with van der Waals surface area (Å²) < 4.78 is 5.94. The van der Waals surface area contributed by atoms with Gasteiger partial charge in [-0.25, -0.2) is 0 Å². The lowest BCUT2D eigenvalue weighted by Crippen LogP contribution is -2.69. The first-order chi connectivity index (χ1) is 13.9. The van der Waals surface area contributed by atoms with Crippen LogP contribution in [0.1, 0.15) is 72.6 Å². The van der Waals surface area contributed by atoms with Crippen molar-refractivity contribution in [3.8, 4) is 0 Å². The number of ketones is 1. The van der Waals surface area contributed by atoms with Crippen molar-refractivity contribution in [2.24, 2.45) is 28.1 Å². The number of hydrogen-bond donors (Lipinski definition) is 3. The van der Waals surface area contributed by atoms with E-state index in [9.17, 15) is 24.9 Å². The van der Waals surface area contributed by atoms with Crippen LogP contribution < -0.4 is 0 Å². The Morgan fingerprint density at radius 1 is 1.20 bits per heavy atom. The lowest BCUT2D eigenvalue weighted by atomic mass is 9.44. The molecule has 168 valence electrons. The monoisotopic (exact) mass is 420 g/mol. The number of hydrogen-bond acceptors (Lipinski definition) is 6. The number of carbonyl (C=O) groups excluding carboxylic acids is 2. The van der Waals surface area contributed by atoms with Gasteiger partial charge in [0.15, 0.2) is 5.78 Å². The maximum absolute atomic E-state index is 12.6. The van der Waals surface area contributed by atoms with Crippen LogP contribution in [0.25, 0.3) is 0 Å². The van der Waals surface area contributed by atoms with Crippen LogP contribution in [0.5, 0.6) is 0 Å². The molecule has 0 bridgehead atoms. The average molecular weight is 421 g/mol. The zero-order valence-corrected chi connectivity index (χ0v) is 18.6. The van der Waals surface area contributed by atoms with Crippen molar-refractivity contribution >= 4 is 11.8 Å². The number of fused-ring (bicyclic) bond motifs is 5. The van der Waals surface area contributed by atoms with Gasteiger partial charge in [-0.3, -0.25) is 9.59 Å². The number of carbonyl (C=O) groups is 2. The van der Waals surface area contributed by atoms with Gasteiger partial charge in [-0.05, 0) is 71.3 Å². The van der Waals surface area contributed by atoms with Gasteiger partial charge in [0.05, 0.1) is 23.7 Å². The predicted molar refractivity (Wildman–Crippen MR) is 110 cm³/mol. The van der Waals surface area contributed by atoms with E-state index in [1.807, 2.05) is 20.8 Å². The fourth-order valence-electron chi connectivity index (χ4n) is 7.15. The molecule has 0 aromatic rings. The molecule has 4 aliphatic rings. The molecule has 3 fully saturated rings. The minimum absolute atomic E-state index is 0.0300. The van der Waals surface area contributed by atoms with E-state index >= 15 is 0 Å². The Labute approximate surface area is 178 Å². The lowest BCUT2D eigenvalue weighted by Gasteiger charge is -2.63. The number of ether oxygens (including phenoxy) is 1. The van der Waals surface area contributed by atoms with Crippen molar-refractivity contribution in [3.05, 3.63) is 11.6 Å². The summed E-state index contributed by atoms with van der Waals surface area (Å²) in [5, 5.41) is 33.7. The first-order valence-corrected chi connectivity index (χ1v) is 11.4. The maximum Gasteiger partial charge on any atom is 0.311 e. The molecule has 0 aromatic carbocycles. The molecule has 0 amide bonds. The van der Waals surface area contributed by atoms with E-state index in [-0.39, 0.29) is 42.7 Å². The summed E-state index contributed by atoms with van der Waals surface area (Å²) >= 11 is 0. The summed E-state index contributed by atoms with van der Waals surface area (Å²) in [5.74, 6) is -0.745. The standard InChI is InChI=1S/C24H36O6/c1-21(2,3)20(28)30-19-6-5-16-22(19,4)9-8-17-23(13-25)10-7-15(26)11-14(23)12-18(27)24(16,17)29/h11,16-19,25,27,29H,5-10,12-13H2,1-4H3/t16-,17+,18?,19?,22+,23-,24-/m1/s1. The molecule has 2 unspecified atom stereocenters. The number of rotatable bonds is 2. The summed E-state index contributed by atoms with van der Waals surface area (Å²) in [4.78, 5) is 24.6. The summed E-state index contributed by atoms with van der Waals surface area (Å²) in [6.07, 6.45) is 4.10. The van der Waals surface area contributed by atoms with Crippen LogP contribution in [0.15, 0.2) is 11.6 Å². The Morgan fingerprint density at radius 3 is 2.53 bits per heavy atom. The third-order valence-electron chi connectivity index (χ3n) is 8.89. The summed E-state index contributed by atoms with van der Waals surface area (Å²) in [5.41, 5.74) is -2.24. The molecule has 0 radical (unpaired) electrons. The molecule has 0 spiro atoms. The van der Waals surface area contributed by atoms with Crippen LogP contribution >= 0.6 is 0 Å². The van der Waals surface area contributed by atoms with Crippen molar-refractivity contribution in [2.45, 2.75) is 90.4 Å². The molecule has 6 nitrogen and oxygen atoms in total. The SMILES string of the molecule is CC(C)(C)C(=O)OC1CC[C@H]2[C@]3(O)C(O)CC4=CC(=O)CC[C@]4(CO)[C@@H]3CC[C@]12C. The minimum Gasteiger partial charge on any atom is -0.461 e. The first-order valence-electron chi connectivity index (χ1n) is 11.4. The minimum atomic E-state index is -1.36. The van der Waals surface area contributed by atoms with E-state index in [0.717, 1.165) is 12.0 Å². The highest BCUT2D eigenvalue weighted by molar-refractivity contribution is 5.91. The summed E-state index contributed by atoms with van der Waals surface area (Å²) in [6.45, 7) is 7.46. The molecule has 0 heterocycles. The van der Waals surface area contributed by atoms with Gasteiger partial charge in [0.1, 0.15) is 6.10 Å². The van der Waals surface area contributed by atoms with Crippen LogP contribution in [-0.2, 0) is 14.3 Å².